The van der Waals surface area contributed by atoms with Gasteiger partial charge in [0, 0.05) is 32.1 Å². The van der Waals surface area contributed by atoms with E-state index in [1.54, 1.807) is 11.8 Å². The number of hydrogen-bond donors (Lipinski definition) is 3. The first-order valence-electron chi connectivity index (χ1n) is 6.45. The molecular weight excluding hydrogens is 280 g/mol. The minimum Gasteiger partial charge on any atom is -0.481 e. The maximum atomic E-state index is 11.6. The van der Waals surface area contributed by atoms with Crippen LogP contribution in [0, 0.1) is 17.8 Å². The number of urea groups is 1. The predicted octanol–water partition coefficient (Wildman–Crippen LogP) is 0.533. The number of thioether (sulfide) groups is 1. The molecule has 1 aliphatic heterocycles. The normalized spacial score (nSPS) is 16.9. The predicted molar refractivity (Wildman–Crippen MR) is 77.7 cm³/mol. The van der Waals surface area contributed by atoms with Gasteiger partial charge in [0.15, 0.2) is 0 Å². The topological polar surface area (TPSA) is 87.7 Å². The zero-order chi connectivity index (χ0) is 14.8. The first kappa shape index (κ1) is 16.7. The molecule has 1 fully saturated rings. The minimum absolute atomic E-state index is 0.120. The van der Waals surface area contributed by atoms with Crippen molar-refractivity contribution in [1.29, 1.82) is 0 Å². The number of terminal acetylenes is 1. The lowest BCUT2D eigenvalue weighted by atomic mass is 9.80. The van der Waals surface area contributed by atoms with Gasteiger partial charge < -0.3 is 20.5 Å². The molecule has 1 rings (SSSR count). The summed E-state index contributed by atoms with van der Waals surface area (Å²) >= 11 is 1.56. The van der Waals surface area contributed by atoms with E-state index in [0.717, 1.165) is 5.75 Å². The SMILES string of the molecule is C#CCSCCNC(=O)NCC1(C(=O)O)CCOCC1. The van der Waals surface area contributed by atoms with E-state index in [9.17, 15) is 14.7 Å². The molecular formula is C13H20N2O4S. The van der Waals surface area contributed by atoms with E-state index in [1.165, 1.54) is 0 Å². The fraction of sp³-hybridized carbons (Fsp3) is 0.692. The quantitative estimate of drug-likeness (QED) is 0.472. The molecule has 0 aromatic rings. The van der Waals surface area contributed by atoms with Gasteiger partial charge in [-0.25, -0.2) is 4.79 Å². The second kappa shape index (κ2) is 8.72. The number of hydrogen-bond acceptors (Lipinski definition) is 4. The van der Waals surface area contributed by atoms with Crippen molar-refractivity contribution in [3.63, 3.8) is 0 Å². The molecule has 3 N–H and O–H groups in total. The number of carbonyl (C=O) groups is 2. The van der Waals surface area contributed by atoms with E-state index in [0.29, 0.717) is 38.4 Å². The van der Waals surface area contributed by atoms with Crippen molar-refractivity contribution in [2.24, 2.45) is 5.41 Å². The number of rotatable bonds is 7. The molecule has 1 heterocycles. The van der Waals surface area contributed by atoms with E-state index >= 15 is 0 Å². The van der Waals surface area contributed by atoms with Gasteiger partial charge in [-0.1, -0.05) is 5.92 Å². The Labute approximate surface area is 123 Å². The Morgan fingerprint density at radius 1 is 1.35 bits per heavy atom. The monoisotopic (exact) mass is 300 g/mol. The fourth-order valence-corrected chi connectivity index (χ4v) is 2.42. The van der Waals surface area contributed by atoms with Crippen molar-refractivity contribution < 1.29 is 19.4 Å². The molecule has 112 valence electrons. The number of carboxylic acid groups (broad SMARTS) is 1. The Hall–Kier alpha value is -1.39. The van der Waals surface area contributed by atoms with Crippen LogP contribution >= 0.6 is 11.8 Å². The number of ether oxygens (including phenoxy) is 1. The van der Waals surface area contributed by atoms with Crippen LogP contribution in [0.5, 0.6) is 0 Å². The summed E-state index contributed by atoms with van der Waals surface area (Å²) in [6.07, 6.45) is 5.94. The second-order valence-corrected chi connectivity index (χ2v) is 5.67. The molecule has 20 heavy (non-hydrogen) atoms. The van der Waals surface area contributed by atoms with Crippen LogP contribution < -0.4 is 10.6 Å². The minimum atomic E-state index is -0.909. The Kier molecular flexibility index (Phi) is 7.26. The molecule has 0 spiro atoms. The van der Waals surface area contributed by atoms with Gasteiger partial charge in [0.2, 0.25) is 0 Å². The number of carbonyl (C=O) groups excluding carboxylic acids is 1. The lowest BCUT2D eigenvalue weighted by molar-refractivity contribution is -0.154. The smallest absolute Gasteiger partial charge is 0.314 e. The van der Waals surface area contributed by atoms with Crippen LogP contribution in [-0.4, -0.2) is 54.9 Å². The average Bonchev–Trinajstić information content (AvgIpc) is 2.46. The average molecular weight is 300 g/mol. The summed E-state index contributed by atoms with van der Waals surface area (Å²) in [5.74, 6) is 2.96. The summed E-state index contributed by atoms with van der Waals surface area (Å²) in [4.78, 5) is 23.0. The van der Waals surface area contributed by atoms with Gasteiger partial charge >= 0.3 is 12.0 Å². The Morgan fingerprint density at radius 2 is 2.05 bits per heavy atom. The van der Waals surface area contributed by atoms with Crippen molar-refractivity contribution in [3.8, 4) is 12.3 Å². The molecule has 0 atom stereocenters. The fourth-order valence-electron chi connectivity index (χ4n) is 1.91. The first-order valence-corrected chi connectivity index (χ1v) is 7.60. The lowest BCUT2D eigenvalue weighted by Crippen LogP contribution is -2.49. The molecule has 6 nitrogen and oxygen atoms in total. The van der Waals surface area contributed by atoms with Crippen LogP contribution in [0.15, 0.2) is 0 Å². The van der Waals surface area contributed by atoms with Gasteiger partial charge in [-0.3, -0.25) is 4.79 Å². The van der Waals surface area contributed by atoms with Gasteiger partial charge in [0.25, 0.3) is 0 Å². The molecule has 0 unspecified atom stereocenters. The van der Waals surface area contributed by atoms with Gasteiger partial charge in [-0.05, 0) is 12.8 Å². The maximum Gasteiger partial charge on any atom is 0.314 e. The lowest BCUT2D eigenvalue weighted by Gasteiger charge is -2.33. The number of amides is 2. The summed E-state index contributed by atoms with van der Waals surface area (Å²) in [5, 5.41) is 14.6. The van der Waals surface area contributed by atoms with Crippen molar-refractivity contribution in [2.75, 3.05) is 37.8 Å². The molecule has 7 heteroatoms. The highest BCUT2D eigenvalue weighted by molar-refractivity contribution is 7.99. The third-order valence-electron chi connectivity index (χ3n) is 3.21. The number of nitrogens with one attached hydrogen (secondary N) is 2. The molecule has 0 radical (unpaired) electrons. The van der Waals surface area contributed by atoms with Crippen LogP contribution in [0.3, 0.4) is 0 Å². The van der Waals surface area contributed by atoms with E-state index < -0.39 is 11.4 Å². The summed E-state index contributed by atoms with van der Waals surface area (Å²) in [6.45, 7) is 1.45. The molecule has 1 saturated heterocycles. The number of aliphatic carboxylic acids is 1. The van der Waals surface area contributed by atoms with Crippen molar-refractivity contribution >= 4 is 23.8 Å². The molecule has 0 aromatic carbocycles. The molecule has 0 aromatic heterocycles. The molecule has 1 aliphatic rings. The summed E-state index contributed by atoms with van der Waals surface area (Å²) in [6, 6.07) is -0.349. The third kappa shape index (κ3) is 5.31. The summed E-state index contributed by atoms with van der Waals surface area (Å²) in [5.41, 5.74) is -0.909. The zero-order valence-corrected chi connectivity index (χ0v) is 12.1. The molecule has 0 bridgehead atoms. The maximum absolute atomic E-state index is 11.6. The van der Waals surface area contributed by atoms with Crippen LogP contribution in [0.1, 0.15) is 12.8 Å². The van der Waals surface area contributed by atoms with Crippen LogP contribution in [-0.2, 0) is 9.53 Å². The van der Waals surface area contributed by atoms with E-state index in [1.807, 2.05) is 0 Å². The first-order chi connectivity index (χ1) is 9.60. The third-order valence-corrected chi connectivity index (χ3v) is 4.07. The zero-order valence-electron chi connectivity index (χ0n) is 11.3. The summed E-state index contributed by atoms with van der Waals surface area (Å²) < 4.78 is 5.17. The van der Waals surface area contributed by atoms with E-state index in [2.05, 4.69) is 16.6 Å². The highest BCUT2D eigenvalue weighted by Crippen LogP contribution is 2.29. The van der Waals surface area contributed by atoms with Gasteiger partial charge in [-0.2, -0.15) is 0 Å². The molecule has 0 saturated carbocycles. The van der Waals surface area contributed by atoms with Crippen LogP contribution in [0.25, 0.3) is 0 Å². The highest BCUT2D eigenvalue weighted by atomic mass is 32.2. The van der Waals surface area contributed by atoms with Crippen molar-refractivity contribution in [3.05, 3.63) is 0 Å². The van der Waals surface area contributed by atoms with E-state index in [-0.39, 0.29) is 12.6 Å². The second-order valence-electron chi connectivity index (χ2n) is 4.56. The Bertz CT molecular complexity index is 375. The van der Waals surface area contributed by atoms with Crippen LogP contribution in [0.4, 0.5) is 4.79 Å². The largest absolute Gasteiger partial charge is 0.481 e. The van der Waals surface area contributed by atoms with Gasteiger partial charge in [0.05, 0.1) is 11.2 Å². The standard InChI is InChI=1S/C13H20N2O4S/c1-2-8-20-9-5-14-12(18)15-10-13(11(16)17)3-6-19-7-4-13/h1H,3-10H2,(H,16,17)(H2,14,15,18). The van der Waals surface area contributed by atoms with Gasteiger partial charge in [0.1, 0.15) is 0 Å². The highest BCUT2D eigenvalue weighted by Gasteiger charge is 2.40. The number of carboxylic acids is 1. The molecule has 2 amide bonds. The Morgan fingerprint density at radius 3 is 2.65 bits per heavy atom. The Balaban J connectivity index is 2.27. The summed E-state index contributed by atoms with van der Waals surface area (Å²) in [7, 11) is 0. The molecule has 0 aliphatic carbocycles. The van der Waals surface area contributed by atoms with E-state index in [4.69, 9.17) is 11.2 Å². The van der Waals surface area contributed by atoms with Gasteiger partial charge in [-0.15, -0.1) is 18.2 Å². The van der Waals surface area contributed by atoms with Crippen molar-refractivity contribution in [2.45, 2.75) is 12.8 Å². The van der Waals surface area contributed by atoms with Crippen molar-refractivity contribution in [1.82, 2.24) is 10.6 Å². The van der Waals surface area contributed by atoms with Crippen LogP contribution in [0.2, 0.25) is 0 Å².